The Balaban J connectivity index is 1.42. The summed E-state index contributed by atoms with van der Waals surface area (Å²) in [5.41, 5.74) is 9.51. The topological polar surface area (TPSA) is 44.7 Å². The Kier molecular flexibility index (Phi) is 5.17. The Labute approximate surface area is 171 Å². The third-order valence-corrected chi connectivity index (χ3v) is 5.35. The summed E-state index contributed by atoms with van der Waals surface area (Å²) in [6.45, 7) is 7.78. The monoisotopic (exact) mass is 383 g/mol. The summed E-state index contributed by atoms with van der Waals surface area (Å²) in [5.74, 6) is -0.0762. The van der Waals surface area contributed by atoms with Crippen molar-refractivity contribution in [1.29, 1.82) is 0 Å². The first-order chi connectivity index (χ1) is 14.0. The third kappa shape index (κ3) is 4.37. The van der Waals surface area contributed by atoms with E-state index in [0.29, 0.717) is 0 Å². The van der Waals surface area contributed by atoms with E-state index in [1.54, 1.807) is 0 Å². The first kappa shape index (κ1) is 18.9. The zero-order chi connectivity index (χ0) is 20.4. The number of benzene rings is 3. The normalized spacial score (nSPS) is 13.0. The second-order valence-electron chi connectivity index (χ2n) is 7.64. The number of carbonyl (C=O) groups is 1. The van der Waals surface area contributed by atoms with Crippen molar-refractivity contribution in [2.24, 2.45) is 4.99 Å². The van der Waals surface area contributed by atoms with Gasteiger partial charge >= 0.3 is 0 Å². The zero-order valence-electron chi connectivity index (χ0n) is 17.1. The first-order valence-corrected chi connectivity index (χ1v) is 9.84. The number of aliphatic imine (C=N–C) groups is 1. The maximum absolute atomic E-state index is 11.1. The highest BCUT2D eigenvalue weighted by Crippen LogP contribution is 2.30. The van der Waals surface area contributed by atoms with Gasteiger partial charge < -0.3 is 10.2 Å². The van der Waals surface area contributed by atoms with Crippen LogP contribution in [0.3, 0.4) is 0 Å². The van der Waals surface area contributed by atoms with Crippen LogP contribution in [0.1, 0.15) is 34.7 Å². The van der Waals surface area contributed by atoms with Gasteiger partial charge in [0.25, 0.3) is 0 Å². The van der Waals surface area contributed by atoms with Gasteiger partial charge in [-0.1, -0.05) is 24.3 Å². The van der Waals surface area contributed by atoms with E-state index in [1.807, 2.05) is 30.5 Å². The molecule has 3 aromatic carbocycles. The van der Waals surface area contributed by atoms with Crippen molar-refractivity contribution in [3.05, 3.63) is 88.5 Å². The molecule has 0 fully saturated rings. The number of amides is 1. The summed E-state index contributed by atoms with van der Waals surface area (Å²) in [5, 5.41) is 2.76. The first-order valence-electron chi connectivity index (χ1n) is 9.84. The standard InChI is InChI=1S/C25H25N3O/c1-17-12-21-15-28(16-22(21)13-18(17)2)25-10-4-20(5-11-25)14-26-23-6-8-24(9-7-23)27-19(3)29/h4-14H,15-16H2,1-3H3,(H,27,29). The summed E-state index contributed by atoms with van der Waals surface area (Å²) in [6.07, 6.45) is 1.86. The lowest BCUT2D eigenvalue weighted by Gasteiger charge is -2.17. The SMILES string of the molecule is CC(=O)Nc1ccc(N=Cc2ccc(N3Cc4cc(C)c(C)cc4C3)cc2)cc1. The number of hydrogen-bond acceptors (Lipinski definition) is 3. The summed E-state index contributed by atoms with van der Waals surface area (Å²) < 4.78 is 0. The highest BCUT2D eigenvalue weighted by atomic mass is 16.1. The molecule has 0 bridgehead atoms. The molecule has 0 unspecified atom stereocenters. The van der Waals surface area contributed by atoms with Crippen LogP contribution in [-0.4, -0.2) is 12.1 Å². The molecular weight excluding hydrogens is 358 g/mol. The van der Waals surface area contributed by atoms with Gasteiger partial charge in [-0.15, -0.1) is 0 Å². The molecule has 0 radical (unpaired) electrons. The summed E-state index contributed by atoms with van der Waals surface area (Å²) >= 11 is 0. The van der Waals surface area contributed by atoms with Crippen LogP contribution in [0.25, 0.3) is 0 Å². The van der Waals surface area contributed by atoms with Crippen LogP contribution in [0.4, 0.5) is 17.1 Å². The predicted octanol–water partition coefficient (Wildman–Crippen LogP) is 5.53. The average Bonchev–Trinajstić information content (AvgIpc) is 3.10. The molecule has 4 nitrogen and oxygen atoms in total. The van der Waals surface area contributed by atoms with E-state index < -0.39 is 0 Å². The van der Waals surface area contributed by atoms with Gasteiger partial charge in [-0.05, 0) is 78.1 Å². The van der Waals surface area contributed by atoms with E-state index >= 15 is 0 Å². The number of fused-ring (bicyclic) bond motifs is 1. The minimum atomic E-state index is -0.0762. The molecule has 0 saturated carbocycles. The molecule has 1 aliphatic heterocycles. The fourth-order valence-corrected chi connectivity index (χ4v) is 3.63. The van der Waals surface area contributed by atoms with Crippen LogP contribution in [-0.2, 0) is 17.9 Å². The molecular formula is C25H25N3O. The van der Waals surface area contributed by atoms with E-state index in [1.165, 1.54) is 34.9 Å². The number of aryl methyl sites for hydroxylation is 2. The van der Waals surface area contributed by atoms with Crippen LogP contribution >= 0.6 is 0 Å². The summed E-state index contributed by atoms with van der Waals surface area (Å²) in [4.78, 5) is 18.0. The lowest BCUT2D eigenvalue weighted by atomic mass is 10.0. The number of nitrogens with one attached hydrogen (secondary N) is 1. The van der Waals surface area contributed by atoms with Gasteiger partial charge in [0.1, 0.15) is 0 Å². The van der Waals surface area contributed by atoms with Crippen LogP contribution in [0.15, 0.2) is 65.7 Å². The largest absolute Gasteiger partial charge is 0.363 e. The van der Waals surface area contributed by atoms with Gasteiger partial charge in [-0.2, -0.15) is 0 Å². The summed E-state index contributed by atoms with van der Waals surface area (Å²) in [6, 6.07) is 20.7. The van der Waals surface area contributed by atoms with Crippen molar-refractivity contribution in [3.63, 3.8) is 0 Å². The van der Waals surface area contributed by atoms with E-state index in [9.17, 15) is 4.79 Å². The molecule has 3 aromatic rings. The van der Waals surface area contributed by atoms with Crippen molar-refractivity contribution in [2.75, 3.05) is 10.2 Å². The molecule has 1 heterocycles. The molecule has 1 amide bonds. The number of hydrogen-bond donors (Lipinski definition) is 1. The van der Waals surface area contributed by atoms with Gasteiger partial charge in [0.2, 0.25) is 5.91 Å². The highest BCUT2D eigenvalue weighted by Gasteiger charge is 2.19. The minimum absolute atomic E-state index is 0.0762. The number of carbonyl (C=O) groups excluding carboxylic acids is 1. The average molecular weight is 383 g/mol. The molecule has 0 aliphatic carbocycles. The molecule has 0 aromatic heterocycles. The Morgan fingerprint density at radius 3 is 2.07 bits per heavy atom. The third-order valence-electron chi connectivity index (χ3n) is 5.35. The van der Waals surface area contributed by atoms with Crippen LogP contribution < -0.4 is 10.2 Å². The summed E-state index contributed by atoms with van der Waals surface area (Å²) in [7, 11) is 0. The molecule has 0 spiro atoms. The van der Waals surface area contributed by atoms with Crippen molar-refractivity contribution >= 4 is 29.2 Å². The van der Waals surface area contributed by atoms with E-state index in [2.05, 4.69) is 65.5 Å². The van der Waals surface area contributed by atoms with Crippen LogP contribution in [0.2, 0.25) is 0 Å². The molecule has 4 rings (SSSR count). The quantitative estimate of drug-likeness (QED) is 0.602. The Bertz CT molecular complexity index is 1040. The second kappa shape index (κ2) is 7.92. The number of rotatable bonds is 4. The smallest absolute Gasteiger partial charge is 0.221 e. The molecule has 1 aliphatic rings. The molecule has 0 atom stereocenters. The maximum Gasteiger partial charge on any atom is 0.221 e. The van der Waals surface area contributed by atoms with Crippen molar-refractivity contribution < 1.29 is 4.79 Å². The van der Waals surface area contributed by atoms with E-state index in [4.69, 9.17) is 0 Å². The van der Waals surface area contributed by atoms with Crippen molar-refractivity contribution in [2.45, 2.75) is 33.9 Å². The maximum atomic E-state index is 11.1. The van der Waals surface area contributed by atoms with Crippen molar-refractivity contribution in [1.82, 2.24) is 0 Å². The lowest BCUT2D eigenvalue weighted by Crippen LogP contribution is -2.14. The van der Waals surface area contributed by atoms with Crippen LogP contribution in [0.5, 0.6) is 0 Å². The Morgan fingerprint density at radius 2 is 1.52 bits per heavy atom. The van der Waals surface area contributed by atoms with Crippen molar-refractivity contribution in [3.8, 4) is 0 Å². The predicted molar refractivity (Wildman–Crippen MR) is 120 cm³/mol. The molecule has 1 N–H and O–H groups in total. The van der Waals surface area contributed by atoms with E-state index in [-0.39, 0.29) is 5.91 Å². The van der Waals surface area contributed by atoms with Gasteiger partial charge in [0.05, 0.1) is 5.69 Å². The highest BCUT2D eigenvalue weighted by molar-refractivity contribution is 5.89. The molecule has 4 heteroatoms. The van der Waals surface area contributed by atoms with E-state index in [0.717, 1.165) is 30.0 Å². The number of anilines is 2. The number of nitrogens with zero attached hydrogens (tertiary/aromatic N) is 2. The molecule has 0 saturated heterocycles. The minimum Gasteiger partial charge on any atom is -0.363 e. The fraction of sp³-hybridized carbons (Fsp3) is 0.200. The van der Waals surface area contributed by atoms with Crippen LogP contribution in [0, 0.1) is 13.8 Å². The lowest BCUT2D eigenvalue weighted by molar-refractivity contribution is -0.114. The van der Waals surface area contributed by atoms with Gasteiger partial charge in [-0.3, -0.25) is 9.79 Å². The molecule has 29 heavy (non-hydrogen) atoms. The second-order valence-corrected chi connectivity index (χ2v) is 7.64. The Hall–Kier alpha value is -3.40. The van der Waals surface area contributed by atoms with Gasteiger partial charge in [0.15, 0.2) is 0 Å². The Morgan fingerprint density at radius 1 is 0.931 bits per heavy atom. The fourth-order valence-electron chi connectivity index (χ4n) is 3.63. The van der Waals surface area contributed by atoms with Gasteiger partial charge in [-0.25, -0.2) is 0 Å². The zero-order valence-corrected chi connectivity index (χ0v) is 17.1. The molecule has 146 valence electrons. The van der Waals surface area contributed by atoms with Gasteiger partial charge in [0, 0.05) is 37.6 Å².